The summed E-state index contributed by atoms with van der Waals surface area (Å²) < 4.78 is 47.3. The van der Waals surface area contributed by atoms with Crippen molar-refractivity contribution in [2.45, 2.75) is 30.4 Å². The highest BCUT2D eigenvalue weighted by Crippen LogP contribution is 2.65. The monoisotopic (exact) mass is 868 g/mol. The van der Waals surface area contributed by atoms with Gasteiger partial charge < -0.3 is 9.84 Å². The molecule has 0 bridgehead atoms. The lowest BCUT2D eigenvalue weighted by Crippen LogP contribution is -2.53. The molecular formula is C40H30BrCl2F3N4O6. The first-order chi connectivity index (χ1) is 26.8. The van der Waals surface area contributed by atoms with E-state index in [4.69, 9.17) is 27.9 Å². The molecule has 4 aliphatic rings. The minimum absolute atomic E-state index is 0.0457. The molecule has 0 unspecified atom stereocenters. The van der Waals surface area contributed by atoms with Crippen LogP contribution in [0.25, 0.3) is 0 Å². The van der Waals surface area contributed by atoms with E-state index in [1.54, 1.807) is 72.8 Å². The number of pyridine rings is 1. The third kappa shape index (κ3) is 6.00. The average Bonchev–Trinajstić information content (AvgIpc) is 3.55. The zero-order chi connectivity index (χ0) is 39.7. The normalized spacial score (nSPS) is 25.8. The number of hydrazine groups is 1. The van der Waals surface area contributed by atoms with E-state index in [-0.39, 0.29) is 37.8 Å². The number of benzene rings is 3. The van der Waals surface area contributed by atoms with Crippen LogP contribution >= 0.6 is 39.1 Å². The van der Waals surface area contributed by atoms with Gasteiger partial charge in [-0.1, -0.05) is 81.1 Å². The second-order valence-electron chi connectivity index (χ2n) is 14.0. The van der Waals surface area contributed by atoms with Crippen LogP contribution in [-0.2, 0) is 30.8 Å². The molecule has 4 amide bonds. The van der Waals surface area contributed by atoms with Crippen LogP contribution in [0.3, 0.4) is 0 Å². The van der Waals surface area contributed by atoms with E-state index in [0.29, 0.717) is 45.4 Å². The number of para-hydroxylation sites is 1. The van der Waals surface area contributed by atoms with Crippen molar-refractivity contribution in [3.63, 3.8) is 0 Å². The number of hydrogen-bond acceptors (Lipinski definition) is 8. The summed E-state index contributed by atoms with van der Waals surface area (Å²) in [7, 11) is 0. The van der Waals surface area contributed by atoms with Crippen molar-refractivity contribution in [1.82, 2.24) is 9.99 Å². The highest BCUT2D eigenvalue weighted by molar-refractivity contribution is 9.10. The minimum Gasteiger partial charge on any atom is -0.491 e. The molecule has 6 atom stereocenters. The number of allylic oxidation sites excluding steroid dienone is 2. The van der Waals surface area contributed by atoms with Crippen LogP contribution in [0.2, 0.25) is 10.0 Å². The van der Waals surface area contributed by atoms with E-state index in [1.165, 1.54) is 4.90 Å². The van der Waals surface area contributed by atoms with Gasteiger partial charge >= 0.3 is 6.18 Å². The van der Waals surface area contributed by atoms with Gasteiger partial charge in [0.1, 0.15) is 12.4 Å². The summed E-state index contributed by atoms with van der Waals surface area (Å²) >= 11 is 16.0. The summed E-state index contributed by atoms with van der Waals surface area (Å²) in [5.41, 5.74) is 1.66. The molecule has 56 heavy (non-hydrogen) atoms. The van der Waals surface area contributed by atoms with Crippen molar-refractivity contribution in [3.8, 4) is 5.75 Å². The summed E-state index contributed by atoms with van der Waals surface area (Å²) in [4.78, 5) is 63.9. The number of alkyl halides is 3. The van der Waals surface area contributed by atoms with E-state index in [9.17, 15) is 32.7 Å². The number of imide groups is 2. The summed E-state index contributed by atoms with van der Waals surface area (Å²) in [6.45, 7) is -0.417. The number of nitrogens with zero attached hydrogens (tertiary/aromatic N) is 3. The SMILES string of the molecule is O=C1[C@@H]2C[C@@H]3C(=CC[C@@H]4C(=O)N(c5ccc(Br)cc5)C(=O)[C@@H]43)[C@H](c3ccccc3OCCO)[C@]2(c2ccc(Cl)cc2)C(=O)N1Nc1ncc(C(F)(F)F)cc1Cl. The molecule has 0 radical (unpaired) electrons. The van der Waals surface area contributed by atoms with Crippen molar-refractivity contribution in [2.24, 2.45) is 23.7 Å². The van der Waals surface area contributed by atoms with Gasteiger partial charge in [0.05, 0.1) is 46.0 Å². The molecule has 10 nitrogen and oxygen atoms in total. The van der Waals surface area contributed by atoms with Gasteiger partial charge in [-0.25, -0.2) is 4.98 Å². The Bertz CT molecular complexity index is 2310. The van der Waals surface area contributed by atoms with Gasteiger partial charge in [0.15, 0.2) is 5.82 Å². The number of aliphatic hydroxyl groups excluding tert-OH is 1. The third-order valence-corrected chi connectivity index (χ3v) is 12.3. The first-order valence-electron chi connectivity index (χ1n) is 17.6. The second kappa shape index (κ2) is 14.3. The Hall–Kier alpha value is -4.76. The molecule has 1 aromatic heterocycles. The van der Waals surface area contributed by atoms with Crippen LogP contribution in [0.4, 0.5) is 24.7 Å². The van der Waals surface area contributed by atoms with Gasteiger partial charge in [-0.05, 0) is 72.9 Å². The van der Waals surface area contributed by atoms with E-state index in [2.05, 4.69) is 26.3 Å². The van der Waals surface area contributed by atoms with Crippen LogP contribution in [0.5, 0.6) is 5.75 Å². The molecule has 4 aromatic rings. The molecule has 16 heteroatoms. The molecule has 2 aliphatic carbocycles. The number of aromatic nitrogens is 1. The lowest BCUT2D eigenvalue weighted by molar-refractivity contribution is -0.139. The van der Waals surface area contributed by atoms with Crippen molar-refractivity contribution in [1.29, 1.82) is 0 Å². The molecule has 2 saturated heterocycles. The molecule has 3 aromatic carbocycles. The molecule has 0 spiro atoms. The summed E-state index contributed by atoms with van der Waals surface area (Å²) in [5.74, 6) is -6.92. The molecular weight excluding hydrogens is 840 g/mol. The smallest absolute Gasteiger partial charge is 0.417 e. The maximum absolute atomic E-state index is 15.4. The second-order valence-corrected chi connectivity index (χ2v) is 15.8. The zero-order valence-corrected chi connectivity index (χ0v) is 32.1. The highest BCUT2D eigenvalue weighted by Gasteiger charge is 2.70. The number of ether oxygens (including phenoxy) is 1. The number of carbonyl (C=O) groups is 4. The Morgan fingerprint density at radius 1 is 0.946 bits per heavy atom. The van der Waals surface area contributed by atoms with Crippen molar-refractivity contribution in [3.05, 3.63) is 128 Å². The van der Waals surface area contributed by atoms with Gasteiger partial charge in [0.2, 0.25) is 11.8 Å². The standard InChI is InChI=1S/C40H30BrCl2F3N4O6/c41-22-7-11-24(12-8-22)49-35(52)27-14-13-25-28(32(27)37(49)54)18-29-36(53)50(48-34-30(43)17-21(19-47-34)40(44,45)46)38(55)39(29,20-5-9-23(42)10-6-20)33(25)26-3-1-2-4-31(26)56-16-15-51/h1-13,17,19,27-29,32-33,51H,14-16,18H2,(H,47,48)/t27-,28+,29-,32-,33+,39+/m0/s1. The maximum atomic E-state index is 15.4. The summed E-state index contributed by atoms with van der Waals surface area (Å²) in [6, 6.07) is 20.8. The van der Waals surface area contributed by atoms with Gasteiger partial charge in [-0.2, -0.15) is 18.2 Å². The Morgan fingerprint density at radius 3 is 2.34 bits per heavy atom. The number of amides is 4. The lowest BCUT2D eigenvalue weighted by Gasteiger charge is -2.50. The van der Waals surface area contributed by atoms with Crippen LogP contribution in [0.1, 0.15) is 35.4 Å². The van der Waals surface area contributed by atoms with Crippen molar-refractivity contribution in [2.75, 3.05) is 23.5 Å². The number of anilines is 2. The Labute approximate surface area is 336 Å². The molecule has 2 aliphatic heterocycles. The Balaban J connectivity index is 1.32. The fourth-order valence-corrected chi connectivity index (χ4v) is 9.58. The maximum Gasteiger partial charge on any atom is 0.417 e. The van der Waals surface area contributed by atoms with E-state index in [1.807, 2.05) is 6.08 Å². The van der Waals surface area contributed by atoms with Crippen LogP contribution in [0.15, 0.2) is 101 Å². The number of aliphatic hydroxyl groups is 1. The van der Waals surface area contributed by atoms with E-state index >= 15 is 4.79 Å². The number of nitrogens with one attached hydrogen (secondary N) is 1. The van der Waals surface area contributed by atoms with Gasteiger partial charge in [0.25, 0.3) is 11.8 Å². The number of rotatable bonds is 8. The molecule has 3 fully saturated rings. The average molecular weight is 871 g/mol. The van der Waals surface area contributed by atoms with Crippen LogP contribution < -0.4 is 15.1 Å². The van der Waals surface area contributed by atoms with E-state index < -0.39 is 69.5 Å². The minimum atomic E-state index is -4.76. The third-order valence-electron chi connectivity index (χ3n) is 11.2. The largest absolute Gasteiger partial charge is 0.491 e. The van der Waals surface area contributed by atoms with Gasteiger partial charge in [-0.3, -0.25) is 29.5 Å². The lowest BCUT2D eigenvalue weighted by atomic mass is 9.49. The van der Waals surface area contributed by atoms with E-state index in [0.717, 1.165) is 9.48 Å². The number of halogens is 6. The fourth-order valence-electron chi connectivity index (χ4n) is 8.98. The van der Waals surface area contributed by atoms with Crippen LogP contribution in [-0.4, -0.2) is 51.9 Å². The topological polar surface area (TPSA) is 129 Å². The molecule has 2 N–H and O–H groups in total. The Morgan fingerprint density at radius 2 is 1.66 bits per heavy atom. The van der Waals surface area contributed by atoms with Gasteiger partial charge in [-0.15, -0.1) is 0 Å². The van der Waals surface area contributed by atoms with Crippen LogP contribution in [0, 0.1) is 23.7 Å². The van der Waals surface area contributed by atoms with Gasteiger partial charge in [0, 0.05) is 27.2 Å². The first-order valence-corrected chi connectivity index (χ1v) is 19.1. The molecule has 3 heterocycles. The van der Waals surface area contributed by atoms with Crippen molar-refractivity contribution < 1.29 is 42.2 Å². The molecule has 288 valence electrons. The quantitative estimate of drug-likeness (QED) is 0.136. The predicted octanol–water partition coefficient (Wildman–Crippen LogP) is 7.73. The number of hydrogen-bond donors (Lipinski definition) is 2. The predicted molar refractivity (Wildman–Crippen MR) is 203 cm³/mol. The number of fused-ring (bicyclic) bond motifs is 4. The fraction of sp³-hybridized carbons (Fsp3) is 0.275. The zero-order valence-electron chi connectivity index (χ0n) is 29.0. The Kier molecular flexibility index (Phi) is 9.75. The summed E-state index contributed by atoms with van der Waals surface area (Å²) in [5, 5.41) is 10.3. The summed E-state index contributed by atoms with van der Waals surface area (Å²) in [6.07, 6.45) is -2.21. The highest BCUT2D eigenvalue weighted by atomic mass is 79.9. The molecule has 8 rings (SSSR count). The molecule has 1 saturated carbocycles. The first kappa shape index (κ1) is 38.1. The van der Waals surface area contributed by atoms with Crippen molar-refractivity contribution >= 4 is 74.3 Å². The number of carbonyl (C=O) groups excluding carboxylic acids is 4.